The van der Waals surface area contributed by atoms with Crippen LogP contribution in [0.4, 0.5) is 34.1 Å². The number of anilines is 6. The van der Waals surface area contributed by atoms with Crippen molar-refractivity contribution in [1.82, 2.24) is 4.57 Å². The highest BCUT2D eigenvalue weighted by Crippen LogP contribution is 2.43. The van der Waals surface area contributed by atoms with Crippen molar-refractivity contribution < 1.29 is 19.8 Å². The third kappa shape index (κ3) is 7.55. The van der Waals surface area contributed by atoms with Gasteiger partial charge >= 0.3 is 0 Å². The summed E-state index contributed by atoms with van der Waals surface area (Å²) in [5.74, 6) is -0.903. The summed E-state index contributed by atoms with van der Waals surface area (Å²) in [4.78, 5) is 28.9. The Morgan fingerprint density at radius 2 is 0.867 bits per heavy atom. The second-order valence-electron chi connectivity index (χ2n) is 15.1. The van der Waals surface area contributed by atoms with E-state index in [0.717, 1.165) is 90.5 Å². The summed E-state index contributed by atoms with van der Waals surface area (Å²) in [6.07, 6.45) is -0.278. The van der Waals surface area contributed by atoms with Crippen LogP contribution in [-0.2, 0) is 9.59 Å². The average molecular weight is 788 g/mol. The minimum absolute atomic E-state index is 0.451. The van der Waals surface area contributed by atoms with Crippen LogP contribution in [0.15, 0.2) is 183 Å². The van der Waals surface area contributed by atoms with Crippen molar-refractivity contribution in [3.8, 4) is 5.69 Å². The molecule has 1 heterocycles. The number of fused-ring (bicyclic) bond motifs is 3. The van der Waals surface area contributed by atoms with E-state index in [1.54, 1.807) is 24.3 Å². The zero-order valence-corrected chi connectivity index (χ0v) is 33.8. The van der Waals surface area contributed by atoms with Gasteiger partial charge in [0.15, 0.2) is 11.6 Å². The molecule has 0 amide bonds. The van der Waals surface area contributed by atoms with Crippen molar-refractivity contribution in [2.45, 2.75) is 33.0 Å². The van der Waals surface area contributed by atoms with Crippen LogP contribution in [0.25, 0.3) is 27.5 Å². The van der Waals surface area contributed by atoms with E-state index in [4.69, 9.17) is 0 Å². The van der Waals surface area contributed by atoms with Crippen LogP contribution in [0.5, 0.6) is 0 Å². The first kappa shape index (κ1) is 39.5. The quantitative estimate of drug-likeness (QED) is 0.113. The Balaban J connectivity index is 1.33. The number of carbonyl (C=O) groups excluding carboxylic acids is 2. The zero-order chi connectivity index (χ0) is 42.1. The van der Waals surface area contributed by atoms with Gasteiger partial charge in [0.05, 0.1) is 11.0 Å². The van der Waals surface area contributed by atoms with Crippen LogP contribution >= 0.6 is 0 Å². The molecule has 0 saturated carbocycles. The summed E-state index contributed by atoms with van der Waals surface area (Å²) in [6.45, 7) is 13.3. The second-order valence-corrected chi connectivity index (χ2v) is 15.1. The Hall–Kier alpha value is -7.32. The predicted octanol–water partition coefficient (Wildman–Crippen LogP) is 12.2. The van der Waals surface area contributed by atoms with Crippen molar-refractivity contribution >= 4 is 67.5 Å². The summed E-state index contributed by atoms with van der Waals surface area (Å²) in [5.41, 5.74) is 12.9. The van der Waals surface area contributed by atoms with E-state index in [2.05, 4.69) is 145 Å². The van der Waals surface area contributed by atoms with Gasteiger partial charge in [0, 0.05) is 50.6 Å². The molecule has 0 radical (unpaired) electrons. The first-order valence-electron chi connectivity index (χ1n) is 19.8. The highest BCUT2D eigenvalue weighted by Gasteiger charge is 2.22. The van der Waals surface area contributed by atoms with Gasteiger partial charge in [0.2, 0.25) is 0 Å². The number of rotatable bonds is 13. The van der Waals surface area contributed by atoms with Crippen LogP contribution in [0, 0.1) is 20.8 Å². The maximum atomic E-state index is 12.3. The molecular formula is C53H45N3O4. The van der Waals surface area contributed by atoms with Gasteiger partial charge in [-0.25, -0.2) is 0 Å². The lowest BCUT2D eigenvalue weighted by Gasteiger charge is -2.26. The number of hydrogen-bond donors (Lipinski definition) is 2. The van der Waals surface area contributed by atoms with Gasteiger partial charge in [0.1, 0.15) is 12.2 Å². The number of aryl methyl sites for hydroxylation is 3. The van der Waals surface area contributed by atoms with Crippen LogP contribution in [0.1, 0.15) is 40.0 Å². The van der Waals surface area contributed by atoms with Crippen molar-refractivity contribution in [3.05, 3.63) is 211 Å². The van der Waals surface area contributed by atoms with Gasteiger partial charge in [-0.1, -0.05) is 91.5 Å². The molecule has 0 aliphatic heterocycles. The van der Waals surface area contributed by atoms with Crippen molar-refractivity contribution in [3.63, 3.8) is 0 Å². The molecule has 0 spiro atoms. The highest BCUT2D eigenvalue weighted by molar-refractivity contribution is 6.11. The smallest absolute Gasteiger partial charge is 0.188 e. The van der Waals surface area contributed by atoms with Crippen molar-refractivity contribution in [2.24, 2.45) is 0 Å². The maximum Gasteiger partial charge on any atom is 0.188 e. The molecule has 1 aromatic heterocycles. The molecule has 0 fully saturated rings. The first-order chi connectivity index (χ1) is 29.0. The monoisotopic (exact) mass is 787 g/mol. The average Bonchev–Trinajstić information content (AvgIpc) is 3.59. The Bertz CT molecular complexity index is 2730. The fourth-order valence-electron chi connectivity index (χ4n) is 7.84. The van der Waals surface area contributed by atoms with Crippen molar-refractivity contribution in [1.29, 1.82) is 0 Å². The molecule has 7 aromatic carbocycles. The van der Waals surface area contributed by atoms with E-state index in [9.17, 15) is 19.8 Å². The Morgan fingerprint density at radius 1 is 0.483 bits per heavy atom. The Morgan fingerprint density at radius 3 is 1.25 bits per heavy atom. The largest absolute Gasteiger partial charge is 0.380 e. The lowest BCUT2D eigenvalue weighted by molar-refractivity contribution is -0.123. The molecular weight excluding hydrogens is 743 g/mol. The fourth-order valence-corrected chi connectivity index (χ4v) is 7.84. The molecule has 7 nitrogen and oxygen atoms in total. The van der Waals surface area contributed by atoms with E-state index in [1.807, 2.05) is 36.4 Å². The van der Waals surface area contributed by atoms with Gasteiger partial charge in [-0.15, -0.1) is 0 Å². The molecule has 2 atom stereocenters. The standard InChI is InChI=1S/C53H45N3O4/c1-6-50(57)52(59)37-16-22-39(23-17-37)54(42-12-8-10-35(4)30-42)44-26-28-46-47-29-27-45(33-49(47)56(48(46)32-44)41-20-14-34(3)15-21-41)55(43-13-9-11-36(5)31-43)40-24-18-38(19-25-40)53(60)51(58)7-2/h6-33,52-53,59-60H,1-2H2,3-5H3. The topological polar surface area (TPSA) is 86.0 Å². The SMILES string of the molecule is C=CC(=O)C(O)c1ccc(N(c2cccc(C)c2)c2ccc3c4ccc(N(c5ccc(C(O)C(=O)C=C)cc5)c5cccc(C)c5)cc4n(-c4ccc(C)cc4)c3c2)cc1. The van der Waals surface area contributed by atoms with E-state index < -0.39 is 23.8 Å². The summed E-state index contributed by atoms with van der Waals surface area (Å²) in [6, 6.07) is 53.1. The summed E-state index contributed by atoms with van der Waals surface area (Å²) >= 11 is 0. The number of aliphatic hydroxyl groups is 2. The van der Waals surface area contributed by atoms with Gasteiger partial charge in [0.25, 0.3) is 0 Å². The first-order valence-corrected chi connectivity index (χ1v) is 19.8. The minimum Gasteiger partial charge on any atom is -0.380 e. The minimum atomic E-state index is -1.28. The van der Waals surface area contributed by atoms with E-state index in [-0.39, 0.29) is 0 Å². The predicted molar refractivity (Wildman–Crippen MR) is 245 cm³/mol. The molecule has 0 aliphatic carbocycles. The van der Waals surface area contributed by atoms with Crippen molar-refractivity contribution in [2.75, 3.05) is 9.80 Å². The van der Waals surface area contributed by atoms with Crippen LogP contribution in [-0.4, -0.2) is 26.3 Å². The summed E-state index contributed by atoms with van der Waals surface area (Å²) in [7, 11) is 0. The highest BCUT2D eigenvalue weighted by atomic mass is 16.3. The van der Waals surface area contributed by atoms with Crippen LogP contribution in [0.2, 0.25) is 0 Å². The Kier molecular flexibility index (Phi) is 10.9. The van der Waals surface area contributed by atoms with Gasteiger partial charge in [-0.2, -0.15) is 0 Å². The Labute approximate surface area is 350 Å². The lowest BCUT2D eigenvalue weighted by Crippen LogP contribution is -2.12. The van der Waals surface area contributed by atoms with E-state index >= 15 is 0 Å². The molecule has 2 N–H and O–H groups in total. The third-order valence-electron chi connectivity index (χ3n) is 10.9. The summed E-state index contributed by atoms with van der Waals surface area (Å²) < 4.78 is 2.31. The lowest BCUT2D eigenvalue weighted by atomic mass is 10.0. The number of ketones is 2. The molecule has 8 rings (SSSR count). The molecule has 7 heteroatoms. The number of aliphatic hydroxyl groups excluding tert-OH is 2. The molecule has 0 aliphatic rings. The van der Waals surface area contributed by atoms with Crippen LogP contribution in [0.3, 0.4) is 0 Å². The van der Waals surface area contributed by atoms with E-state index in [1.165, 1.54) is 0 Å². The van der Waals surface area contributed by atoms with Gasteiger partial charge in [-0.3, -0.25) is 9.59 Å². The normalized spacial score (nSPS) is 12.2. The number of carbonyl (C=O) groups is 2. The van der Waals surface area contributed by atoms with Gasteiger partial charge < -0.3 is 24.6 Å². The fraction of sp³-hybridized carbons (Fsp3) is 0.0943. The molecule has 60 heavy (non-hydrogen) atoms. The third-order valence-corrected chi connectivity index (χ3v) is 10.9. The zero-order valence-electron chi connectivity index (χ0n) is 33.8. The van der Waals surface area contributed by atoms with Gasteiger partial charge in [-0.05, 0) is 140 Å². The molecule has 0 saturated heterocycles. The number of nitrogens with zero attached hydrogens (tertiary/aromatic N) is 3. The number of hydrogen-bond acceptors (Lipinski definition) is 6. The molecule has 2 unspecified atom stereocenters. The molecule has 296 valence electrons. The molecule has 8 aromatic rings. The van der Waals surface area contributed by atoms with E-state index in [0.29, 0.717) is 11.1 Å². The van der Waals surface area contributed by atoms with Crippen LogP contribution < -0.4 is 9.80 Å². The number of aromatic nitrogens is 1. The molecule has 0 bridgehead atoms. The number of benzene rings is 7. The summed E-state index contributed by atoms with van der Waals surface area (Å²) in [5, 5.41) is 23.4. The second kappa shape index (κ2) is 16.5. The maximum absolute atomic E-state index is 12.3.